The lowest BCUT2D eigenvalue weighted by molar-refractivity contribution is -0.121. The quantitative estimate of drug-likeness (QED) is 0.833. The highest BCUT2D eigenvalue weighted by Crippen LogP contribution is 2.22. The van der Waals surface area contributed by atoms with Crippen molar-refractivity contribution in [3.05, 3.63) is 34.9 Å². The number of carbonyl (C=O) groups is 1. The van der Waals surface area contributed by atoms with Crippen LogP contribution in [0.5, 0.6) is 0 Å². The van der Waals surface area contributed by atoms with Crippen LogP contribution in [0.15, 0.2) is 24.3 Å². The molecule has 4 heteroatoms. The Labute approximate surface area is 114 Å². The Morgan fingerprint density at radius 3 is 2.39 bits per heavy atom. The Balaban J connectivity index is 2.77. The summed E-state index contributed by atoms with van der Waals surface area (Å²) in [6.07, 6.45) is 0.914. The zero-order valence-electron chi connectivity index (χ0n) is 11.2. The molecule has 0 aromatic heterocycles. The third kappa shape index (κ3) is 5.07. The van der Waals surface area contributed by atoms with Crippen molar-refractivity contribution in [3.63, 3.8) is 0 Å². The first-order valence-corrected chi connectivity index (χ1v) is 6.60. The first-order chi connectivity index (χ1) is 8.52. The van der Waals surface area contributed by atoms with E-state index < -0.39 is 0 Å². The molecule has 0 fully saturated rings. The van der Waals surface area contributed by atoms with Gasteiger partial charge in [-0.1, -0.05) is 37.6 Å². The zero-order valence-corrected chi connectivity index (χ0v) is 11.9. The molecule has 3 nitrogen and oxygen atoms in total. The van der Waals surface area contributed by atoms with Gasteiger partial charge in [-0.2, -0.15) is 0 Å². The van der Waals surface area contributed by atoms with Gasteiger partial charge in [0, 0.05) is 5.02 Å². The zero-order chi connectivity index (χ0) is 13.5. The summed E-state index contributed by atoms with van der Waals surface area (Å²) in [5.74, 6) is 0.527. The smallest absolute Gasteiger partial charge is 0.234 e. The molecular formula is C14H21ClN2O. The van der Waals surface area contributed by atoms with Crippen LogP contribution in [0.2, 0.25) is 5.02 Å². The minimum Gasteiger partial charge on any atom is -0.348 e. The molecule has 2 N–H and O–H groups in total. The molecule has 0 heterocycles. The molecule has 0 aliphatic carbocycles. The van der Waals surface area contributed by atoms with Crippen LogP contribution in [0.25, 0.3) is 0 Å². The Hall–Kier alpha value is -1.06. The Bertz CT molecular complexity index is 376. The van der Waals surface area contributed by atoms with E-state index >= 15 is 0 Å². The van der Waals surface area contributed by atoms with Gasteiger partial charge in [0.2, 0.25) is 5.91 Å². The van der Waals surface area contributed by atoms with Crippen LogP contribution in [0.3, 0.4) is 0 Å². The number of hydrogen-bond donors (Lipinski definition) is 2. The Kier molecular flexibility index (Phi) is 6.16. The van der Waals surface area contributed by atoms with Gasteiger partial charge in [-0.3, -0.25) is 4.79 Å². The normalized spacial score (nSPS) is 12.5. The van der Waals surface area contributed by atoms with E-state index in [1.54, 1.807) is 7.05 Å². The SMILES string of the molecule is CNCC(=O)NC(CC(C)C)c1ccc(Cl)cc1. The number of amides is 1. The lowest BCUT2D eigenvalue weighted by Crippen LogP contribution is -2.35. The second kappa shape index (κ2) is 7.39. The maximum Gasteiger partial charge on any atom is 0.234 e. The summed E-state index contributed by atoms with van der Waals surface area (Å²) in [5, 5.41) is 6.61. The summed E-state index contributed by atoms with van der Waals surface area (Å²) >= 11 is 5.88. The molecule has 0 aliphatic rings. The predicted octanol–water partition coefficient (Wildman–Crippen LogP) is 2.76. The summed E-state index contributed by atoms with van der Waals surface area (Å²) in [7, 11) is 1.76. The van der Waals surface area contributed by atoms with Gasteiger partial charge in [-0.15, -0.1) is 0 Å². The highest BCUT2D eigenvalue weighted by molar-refractivity contribution is 6.30. The molecule has 100 valence electrons. The summed E-state index contributed by atoms with van der Waals surface area (Å²) < 4.78 is 0. The standard InChI is InChI=1S/C14H21ClN2O/c1-10(2)8-13(17-14(18)9-16-3)11-4-6-12(15)7-5-11/h4-7,10,13,16H,8-9H2,1-3H3,(H,17,18). The van der Waals surface area contributed by atoms with E-state index in [9.17, 15) is 4.79 Å². The van der Waals surface area contributed by atoms with Gasteiger partial charge >= 0.3 is 0 Å². The van der Waals surface area contributed by atoms with E-state index in [1.165, 1.54) is 0 Å². The molecular weight excluding hydrogens is 248 g/mol. The van der Waals surface area contributed by atoms with E-state index in [2.05, 4.69) is 24.5 Å². The monoisotopic (exact) mass is 268 g/mol. The molecule has 1 atom stereocenters. The average molecular weight is 269 g/mol. The van der Waals surface area contributed by atoms with Gasteiger partial charge in [-0.25, -0.2) is 0 Å². The van der Waals surface area contributed by atoms with Crippen LogP contribution in [0, 0.1) is 5.92 Å². The molecule has 18 heavy (non-hydrogen) atoms. The summed E-state index contributed by atoms with van der Waals surface area (Å²) in [5.41, 5.74) is 1.09. The number of hydrogen-bond acceptors (Lipinski definition) is 2. The summed E-state index contributed by atoms with van der Waals surface area (Å²) in [6.45, 7) is 4.63. The number of benzene rings is 1. The molecule has 0 saturated carbocycles. The largest absolute Gasteiger partial charge is 0.348 e. The molecule has 1 rings (SSSR count). The molecule has 0 bridgehead atoms. The minimum atomic E-state index is 0.0121. The topological polar surface area (TPSA) is 41.1 Å². The number of likely N-dealkylation sites (N-methyl/N-ethyl adjacent to an activating group) is 1. The Morgan fingerprint density at radius 1 is 1.28 bits per heavy atom. The number of nitrogens with one attached hydrogen (secondary N) is 2. The van der Waals surface area contributed by atoms with Gasteiger partial charge in [0.15, 0.2) is 0 Å². The van der Waals surface area contributed by atoms with E-state index in [4.69, 9.17) is 11.6 Å². The maximum atomic E-state index is 11.7. The van der Waals surface area contributed by atoms with Crippen LogP contribution in [0.4, 0.5) is 0 Å². The third-order valence-corrected chi connectivity index (χ3v) is 2.90. The fourth-order valence-electron chi connectivity index (χ4n) is 1.85. The van der Waals surface area contributed by atoms with Crippen molar-refractivity contribution in [2.45, 2.75) is 26.3 Å². The summed E-state index contributed by atoms with van der Waals surface area (Å²) in [6, 6.07) is 7.69. The lowest BCUT2D eigenvalue weighted by atomic mass is 9.97. The first-order valence-electron chi connectivity index (χ1n) is 6.22. The van der Waals surface area contributed by atoms with Crippen LogP contribution in [0.1, 0.15) is 31.9 Å². The second-order valence-electron chi connectivity index (χ2n) is 4.83. The fraction of sp³-hybridized carbons (Fsp3) is 0.500. The molecule has 1 amide bonds. The highest BCUT2D eigenvalue weighted by Gasteiger charge is 2.15. The van der Waals surface area contributed by atoms with Gasteiger partial charge in [0.1, 0.15) is 0 Å². The number of rotatable bonds is 6. The van der Waals surface area contributed by atoms with Crippen LogP contribution >= 0.6 is 11.6 Å². The van der Waals surface area contributed by atoms with Crippen molar-refractivity contribution in [2.24, 2.45) is 5.92 Å². The van der Waals surface area contributed by atoms with Crippen LogP contribution in [-0.2, 0) is 4.79 Å². The molecule has 0 aliphatic heterocycles. The molecule has 0 spiro atoms. The summed E-state index contributed by atoms with van der Waals surface area (Å²) in [4.78, 5) is 11.7. The molecule has 1 unspecified atom stereocenters. The third-order valence-electron chi connectivity index (χ3n) is 2.65. The second-order valence-corrected chi connectivity index (χ2v) is 5.27. The van der Waals surface area contributed by atoms with Crippen molar-refractivity contribution >= 4 is 17.5 Å². The van der Waals surface area contributed by atoms with Gasteiger partial charge < -0.3 is 10.6 Å². The van der Waals surface area contributed by atoms with E-state index in [1.807, 2.05) is 24.3 Å². The maximum absolute atomic E-state index is 11.7. The van der Waals surface area contributed by atoms with Crippen LogP contribution < -0.4 is 10.6 Å². The Morgan fingerprint density at radius 2 is 1.89 bits per heavy atom. The van der Waals surface area contributed by atoms with Crippen molar-refractivity contribution in [1.29, 1.82) is 0 Å². The van der Waals surface area contributed by atoms with Gasteiger partial charge in [-0.05, 0) is 37.1 Å². The molecule has 1 aromatic carbocycles. The first kappa shape index (κ1) is 15.0. The number of carbonyl (C=O) groups excluding carboxylic acids is 1. The highest BCUT2D eigenvalue weighted by atomic mass is 35.5. The fourth-order valence-corrected chi connectivity index (χ4v) is 1.98. The number of halogens is 1. The minimum absolute atomic E-state index is 0.0121. The van der Waals surface area contributed by atoms with E-state index in [0.29, 0.717) is 17.5 Å². The van der Waals surface area contributed by atoms with Gasteiger partial charge in [0.05, 0.1) is 12.6 Å². The van der Waals surface area contributed by atoms with E-state index in [0.717, 1.165) is 12.0 Å². The van der Waals surface area contributed by atoms with Crippen molar-refractivity contribution in [3.8, 4) is 0 Å². The average Bonchev–Trinajstić information content (AvgIpc) is 2.28. The van der Waals surface area contributed by atoms with Crippen molar-refractivity contribution in [2.75, 3.05) is 13.6 Å². The van der Waals surface area contributed by atoms with Gasteiger partial charge in [0.25, 0.3) is 0 Å². The van der Waals surface area contributed by atoms with Crippen molar-refractivity contribution < 1.29 is 4.79 Å². The van der Waals surface area contributed by atoms with Crippen molar-refractivity contribution in [1.82, 2.24) is 10.6 Å². The molecule has 1 aromatic rings. The van der Waals surface area contributed by atoms with E-state index in [-0.39, 0.29) is 11.9 Å². The lowest BCUT2D eigenvalue weighted by Gasteiger charge is -2.21. The predicted molar refractivity (Wildman–Crippen MR) is 75.7 cm³/mol. The van der Waals surface area contributed by atoms with Crippen LogP contribution in [-0.4, -0.2) is 19.5 Å². The molecule has 0 saturated heterocycles. The molecule has 0 radical (unpaired) electrons.